The first kappa shape index (κ1) is 14.9. The second-order valence-electron chi connectivity index (χ2n) is 5.50. The Kier molecular flexibility index (Phi) is 3.20. The number of nitrogens with zero attached hydrogens (tertiary/aromatic N) is 2. The van der Waals surface area contributed by atoms with E-state index in [1.807, 2.05) is 5.43 Å². The summed E-state index contributed by atoms with van der Waals surface area (Å²) in [7, 11) is -3.90. The SMILES string of the molecule is CC1(NS(=O)(=O)c2cc(F)c3cnc(C(=O)NN)n3c2)CC1. The van der Waals surface area contributed by atoms with Crippen LogP contribution in [0.1, 0.15) is 30.4 Å². The maximum Gasteiger partial charge on any atom is 0.301 e. The minimum atomic E-state index is -3.90. The molecule has 0 unspecified atom stereocenters. The molecule has 0 aliphatic heterocycles. The zero-order valence-corrected chi connectivity index (χ0v) is 12.4. The summed E-state index contributed by atoms with van der Waals surface area (Å²) in [6, 6.07) is 0.898. The lowest BCUT2D eigenvalue weighted by molar-refractivity contribution is 0.0942. The molecule has 10 heteroatoms. The number of halogens is 1. The maximum absolute atomic E-state index is 14.1. The van der Waals surface area contributed by atoms with Crippen LogP contribution >= 0.6 is 0 Å². The zero-order valence-electron chi connectivity index (χ0n) is 11.6. The van der Waals surface area contributed by atoms with Gasteiger partial charge in [0.2, 0.25) is 15.8 Å². The summed E-state index contributed by atoms with van der Waals surface area (Å²) in [6.45, 7) is 1.77. The number of nitrogens with one attached hydrogen (secondary N) is 2. The smallest absolute Gasteiger partial charge is 0.292 e. The summed E-state index contributed by atoms with van der Waals surface area (Å²) in [4.78, 5) is 15.1. The number of rotatable bonds is 4. The van der Waals surface area contributed by atoms with E-state index < -0.39 is 27.3 Å². The molecule has 2 aromatic heterocycles. The summed E-state index contributed by atoms with van der Waals surface area (Å²) in [5, 5.41) is 0. The van der Waals surface area contributed by atoms with Crippen molar-refractivity contribution in [3.8, 4) is 0 Å². The van der Waals surface area contributed by atoms with Gasteiger partial charge in [0, 0.05) is 11.7 Å². The fraction of sp³-hybridized carbons (Fsp3) is 0.333. The number of hydrogen-bond acceptors (Lipinski definition) is 5. The first-order valence-electron chi connectivity index (χ1n) is 6.47. The molecule has 0 bridgehead atoms. The van der Waals surface area contributed by atoms with E-state index in [-0.39, 0.29) is 16.2 Å². The molecule has 1 fully saturated rings. The Morgan fingerprint density at radius 1 is 1.50 bits per heavy atom. The van der Waals surface area contributed by atoms with E-state index in [0.717, 1.165) is 35.7 Å². The largest absolute Gasteiger partial charge is 0.301 e. The number of pyridine rings is 1. The monoisotopic (exact) mass is 327 g/mol. The van der Waals surface area contributed by atoms with Crippen molar-refractivity contribution in [1.29, 1.82) is 0 Å². The number of nitrogen functional groups attached to an aromatic ring is 1. The molecule has 4 N–H and O–H groups in total. The molecular weight excluding hydrogens is 313 g/mol. The minimum Gasteiger partial charge on any atom is -0.292 e. The zero-order chi connectivity index (χ0) is 16.1. The van der Waals surface area contributed by atoms with Crippen LogP contribution in [0.4, 0.5) is 4.39 Å². The van der Waals surface area contributed by atoms with Crippen LogP contribution in [-0.4, -0.2) is 29.2 Å². The summed E-state index contributed by atoms with van der Waals surface area (Å²) >= 11 is 0. The number of fused-ring (bicyclic) bond motifs is 1. The van der Waals surface area contributed by atoms with Crippen molar-refractivity contribution >= 4 is 21.4 Å². The number of carbonyl (C=O) groups is 1. The van der Waals surface area contributed by atoms with Crippen molar-refractivity contribution in [2.24, 2.45) is 5.84 Å². The van der Waals surface area contributed by atoms with Crippen molar-refractivity contribution in [2.75, 3.05) is 0 Å². The first-order valence-corrected chi connectivity index (χ1v) is 7.96. The third-order valence-corrected chi connectivity index (χ3v) is 5.20. The lowest BCUT2D eigenvalue weighted by Gasteiger charge is -2.13. The lowest BCUT2D eigenvalue weighted by Crippen LogP contribution is -2.34. The van der Waals surface area contributed by atoms with Gasteiger partial charge in [0.1, 0.15) is 16.2 Å². The van der Waals surface area contributed by atoms with Crippen LogP contribution in [-0.2, 0) is 10.0 Å². The van der Waals surface area contributed by atoms with Crippen LogP contribution in [0.3, 0.4) is 0 Å². The Morgan fingerprint density at radius 2 is 2.18 bits per heavy atom. The highest BCUT2D eigenvalue weighted by Crippen LogP contribution is 2.36. The Morgan fingerprint density at radius 3 is 2.77 bits per heavy atom. The summed E-state index contributed by atoms with van der Waals surface area (Å²) in [5.41, 5.74) is 1.37. The second kappa shape index (κ2) is 4.73. The third-order valence-electron chi connectivity index (χ3n) is 3.59. The van der Waals surface area contributed by atoms with Crippen molar-refractivity contribution < 1.29 is 17.6 Å². The van der Waals surface area contributed by atoms with Crippen LogP contribution < -0.4 is 16.0 Å². The quantitative estimate of drug-likeness (QED) is 0.412. The van der Waals surface area contributed by atoms with Gasteiger partial charge in [0.25, 0.3) is 0 Å². The van der Waals surface area contributed by atoms with Gasteiger partial charge in [0.15, 0.2) is 0 Å². The number of imidazole rings is 1. The first-order chi connectivity index (χ1) is 10.3. The molecule has 118 valence electrons. The van der Waals surface area contributed by atoms with Gasteiger partial charge in [-0.05, 0) is 25.8 Å². The van der Waals surface area contributed by atoms with E-state index in [2.05, 4.69) is 9.71 Å². The van der Waals surface area contributed by atoms with Crippen LogP contribution in [0.2, 0.25) is 0 Å². The van der Waals surface area contributed by atoms with E-state index in [4.69, 9.17) is 5.84 Å². The topological polar surface area (TPSA) is 119 Å². The summed E-state index contributed by atoms with van der Waals surface area (Å²) in [6.07, 6.45) is 3.72. The van der Waals surface area contributed by atoms with Gasteiger partial charge in [-0.3, -0.25) is 14.6 Å². The molecule has 0 atom stereocenters. The molecule has 1 saturated carbocycles. The van der Waals surface area contributed by atoms with Gasteiger partial charge in [-0.25, -0.2) is 28.4 Å². The number of hydrogen-bond donors (Lipinski definition) is 3. The highest BCUT2D eigenvalue weighted by Gasteiger charge is 2.41. The highest BCUT2D eigenvalue weighted by atomic mass is 32.2. The summed E-state index contributed by atoms with van der Waals surface area (Å²) in [5.74, 6) is 3.28. The second-order valence-corrected chi connectivity index (χ2v) is 7.18. The Hall–Kier alpha value is -2.04. The number of sulfonamides is 1. The van der Waals surface area contributed by atoms with Crippen LogP contribution in [0.5, 0.6) is 0 Å². The molecule has 2 aromatic rings. The van der Waals surface area contributed by atoms with Gasteiger partial charge in [-0.1, -0.05) is 0 Å². The molecule has 0 spiro atoms. The summed E-state index contributed by atoms with van der Waals surface area (Å²) < 4.78 is 42.3. The molecule has 1 aliphatic rings. The predicted octanol–water partition coefficient (Wildman–Crippen LogP) is -0.0923. The maximum atomic E-state index is 14.1. The standard InChI is InChI=1S/C12H14FN5O3S/c1-12(2-3-12)17-22(20,21)7-4-8(13)9-5-15-10(11(19)16-14)18(9)6-7/h4-6,17H,2-3,14H2,1H3,(H,16,19). The third kappa shape index (κ3) is 2.45. The predicted molar refractivity (Wildman–Crippen MR) is 74.8 cm³/mol. The van der Waals surface area contributed by atoms with Gasteiger partial charge in [0.05, 0.1) is 6.20 Å². The van der Waals surface area contributed by atoms with E-state index in [1.54, 1.807) is 6.92 Å². The van der Waals surface area contributed by atoms with Gasteiger partial charge in [-0.15, -0.1) is 0 Å². The number of nitrogens with two attached hydrogens (primary N) is 1. The van der Waals surface area contributed by atoms with Crippen molar-refractivity contribution in [1.82, 2.24) is 19.5 Å². The molecule has 1 amide bonds. The lowest BCUT2D eigenvalue weighted by atomic mass is 10.4. The molecule has 0 aromatic carbocycles. The van der Waals surface area contributed by atoms with E-state index in [9.17, 15) is 17.6 Å². The Labute approximate surface area is 125 Å². The van der Waals surface area contributed by atoms with E-state index in [0.29, 0.717) is 0 Å². The molecule has 2 heterocycles. The number of amides is 1. The van der Waals surface area contributed by atoms with E-state index >= 15 is 0 Å². The van der Waals surface area contributed by atoms with Crippen molar-refractivity contribution in [3.63, 3.8) is 0 Å². The number of hydrazine groups is 1. The van der Waals surface area contributed by atoms with Gasteiger partial charge in [-0.2, -0.15) is 0 Å². The number of aromatic nitrogens is 2. The molecule has 3 rings (SSSR count). The van der Waals surface area contributed by atoms with Gasteiger partial charge >= 0.3 is 5.91 Å². The van der Waals surface area contributed by atoms with Crippen LogP contribution in [0.15, 0.2) is 23.4 Å². The highest BCUT2D eigenvalue weighted by molar-refractivity contribution is 7.89. The fourth-order valence-electron chi connectivity index (χ4n) is 2.08. The molecule has 0 radical (unpaired) electrons. The van der Waals surface area contributed by atoms with E-state index in [1.165, 1.54) is 0 Å². The van der Waals surface area contributed by atoms with Crippen molar-refractivity contribution in [2.45, 2.75) is 30.2 Å². The minimum absolute atomic E-state index is 0.0183. The average Bonchev–Trinajstić information content (AvgIpc) is 3.00. The Balaban J connectivity index is 2.13. The number of carbonyl (C=O) groups excluding carboxylic acids is 1. The molecular formula is C12H14FN5O3S. The Bertz CT molecular complexity index is 872. The average molecular weight is 327 g/mol. The fourth-order valence-corrected chi connectivity index (χ4v) is 3.56. The molecule has 1 aliphatic carbocycles. The van der Waals surface area contributed by atoms with Crippen molar-refractivity contribution in [3.05, 3.63) is 30.1 Å². The van der Waals surface area contributed by atoms with Crippen LogP contribution in [0, 0.1) is 5.82 Å². The normalized spacial score (nSPS) is 16.7. The van der Waals surface area contributed by atoms with Gasteiger partial charge < -0.3 is 0 Å². The molecule has 0 saturated heterocycles. The molecule has 8 nitrogen and oxygen atoms in total. The molecule has 22 heavy (non-hydrogen) atoms. The van der Waals surface area contributed by atoms with Crippen LogP contribution in [0.25, 0.3) is 5.52 Å².